The quantitative estimate of drug-likeness (QED) is 0.601. The Morgan fingerprint density at radius 2 is 2.08 bits per heavy atom. The van der Waals surface area contributed by atoms with Gasteiger partial charge in [0.25, 0.3) is 0 Å². The van der Waals surface area contributed by atoms with Gasteiger partial charge in [0.1, 0.15) is 0 Å². The Morgan fingerprint density at radius 1 is 1.42 bits per heavy atom. The highest BCUT2D eigenvalue weighted by Gasteiger charge is 2.00. The number of carbonyl (C=O) groups is 1. The zero-order valence-electron chi connectivity index (χ0n) is 7.88. The summed E-state index contributed by atoms with van der Waals surface area (Å²) in [6.07, 6.45) is 4.45. The van der Waals surface area contributed by atoms with Gasteiger partial charge >= 0.3 is 5.97 Å². The van der Waals surface area contributed by atoms with Gasteiger partial charge in [-0.15, -0.1) is 0 Å². The highest BCUT2D eigenvalue weighted by Crippen LogP contribution is 2.06. The van der Waals surface area contributed by atoms with Gasteiger partial charge in [-0.25, -0.2) is 0 Å². The first kappa shape index (κ1) is 11.4. The van der Waals surface area contributed by atoms with E-state index in [-0.39, 0.29) is 0 Å². The second kappa shape index (κ2) is 7.10. The predicted molar refractivity (Wildman–Crippen MR) is 47.2 cm³/mol. The number of ether oxygens (including phenoxy) is 1. The zero-order valence-corrected chi connectivity index (χ0v) is 7.88. The van der Waals surface area contributed by atoms with Gasteiger partial charge in [0, 0.05) is 13.5 Å². The van der Waals surface area contributed by atoms with Crippen molar-refractivity contribution in [2.75, 3.05) is 7.11 Å². The molecule has 3 nitrogen and oxygen atoms in total. The lowest BCUT2D eigenvalue weighted by Crippen LogP contribution is -2.03. The molecule has 0 heterocycles. The average Bonchev–Trinajstić information content (AvgIpc) is 2.03. The summed E-state index contributed by atoms with van der Waals surface area (Å²) < 4.78 is 5.06. The molecule has 72 valence electrons. The fraction of sp³-hybridized carbons (Fsp3) is 0.889. The third-order valence-corrected chi connectivity index (χ3v) is 1.90. The van der Waals surface area contributed by atoms with Gasteiger partial charge in [-0.1, -0.05) is 12.8 Å². The molecule has 0 amide bonds. The fourth-order valence-corrected chi connectivity index (χ4v) is 1.00. The van der Waals surface area contributed by atoms with Crippen molar-refractivity contribution in [2.45, 2.75) is 45.1 Å². The van der Waals surface area contributed by atoms with E-state index in [1.165, 1.54) is 0 Å². The number of rotatable bonds is 7. The van der Waals surface area contributed by atoms with E-state index in [0.717, 1.165) is 25.7 Å². The Labute approximate surface area is 73.7 Å². The summed E-state index contributed by atoms with van der Waals surface area (Å²) in [5.41, 5.74) is 0. The van der Waals surface area contributed by atoms with E-state index in [1.54, 1.807) is 7.11 Å². The molecule has 0 aromatic heterocycles. The van der Waals surface area contributed by atoms with Gasteiger partial charge in [-0.3, -0.25) is 4.79 Å². The summed E-state index contributed by atoms with van der Waals surface area (Å²) in [7, 11) is 1.70. The van der Waals surface area contributed by atoms with E-state index in [4.69, 9.17) is 9.84 Å². The lowest BCUT2D eigenvalue weighted by Gasteiger charge is -2.07. The third kappa shape index (κ3) is 7.54. The first-order valence-corrected chi connectivity index (χ1v) is 4.41. The number of carboxylic acids is 1. The van der Waals surface area contributed by atoms with Gasteiger partial charge in [-0.05, 0) is 19.8 Å². The molecule has 12 heavy (non-hydrogen) atoms. The maximum Gasteiger partial charge on any atom is 0.303 e. The molecule has 1 N–H and O–H groups in total. The lowest BCUT2D eigenvalue weighted by atomic mass is 10.1. The molecule has 0 spiro atoms. The van der Waals surface area contributed by atoms with Crippen LogP contribution in [-0.4, -0.2) is 24.3 Å². The minimum Gasteiger partial charge on any atom is -0.481 e. The van der Waals surface area contributed by atoms with Crippen LogP contribution in [0.15, 0.2) is 0 Å². The molecule has 0 saturated heterocycles. The van der Waals surface area contributed by atoms with Crippen LogP contribution in [0.5, 0.6) is 0 Å². The molecule has 0 aromatic rings. The summed E-state index contributed by atoms with van der Waals surface area (Å²) in [4.78, 5) is 10.1. The summed E-state index contributed by atoms with van der Waals surface area (Å²) in [6, 6.07) is 0. The Kier molecular flexibility index (Phi) is 6.76. The predicted octanol–water partition coefficient (Wildman–Crippen LogP) is 2.06. The molecule has 1 unspecified atom stereocenters. The minimum atomic E-state index is -0.699. The Bertz CT molecular complexity index is 123. The van der Waals surface area contributed by atoms with E-state index >= 15 is 0 Å². The molecule has 0 aliphatic rings. The number of carboxylic acid groups (broad SMARTS) is 1. The molecular formula is C9H18O3. The van der Waals surface area contributed by atoms with E-state index < -0.39 is 5.97 Å². The molecule has 0 radical (unpaired) electrons. The van der Waals surface area contributed by atoms with Gasteiger partial charge in [-0.2, -0.15) is 0 Å². The number of methoxy groups -OCH3 is 1. The molecule has 1 atom stereocenters. The van der Waals surface area contributed by atoms with Gasteiger partial charge in [0.05, 0.1) is 6.10 Å². The maximum absolute atomic E-state index is 10.1. The number of hydrogen-bond acceptors (Lipinski definition) is 2. The topological polar surface area (TPSA) is 46.5 Å². The maximum atomic E-state index is 10.1. The smallest absolute Gasteiger partial charge is 0.303 e. The average molecular weight is 174 g/mol. The van der Waals surface area contributed by atoms with Gasteiger partial charge < -0.3 is 9.84 Å². The van der Waals surface area contributed by atoms with Crippen molar-refractivity contribution in [1.29, 1.82) is 0 Å². The number of aliphatic carboxylic acids is 1. The van der Waals surface area contributed by atoms with Gasteiger partial charge in [0.2, 0.25) is 0 Å². The van der Waals surface area contributed by atoms with Crippen LogP contribution in [0.4, 0.5) is 0 Å². The van der Waals surface area contributed by atoms with E-state index in [2.05, 4.69) is 0 Å². The van der Waals surface area contributed by atoms with Crippen LogP contribution in [-0.2, 0) is 9.53 Å². The van der Waals surface area contributed by atoms with Crippen LogP contribution >= 0.6 is 0 Å². The SMILES string of the molecule is COC(C)CCCCCC(=O)O. The van der Waals surface area contributed by atoms with Crippen LogP contribution in [0.3, 0.4) is 0 Å². The highest BCUT2D eigenvalue weighted by molar-refractivity contribution is 5.66. The van der Waals surface area contributed by atoms with Crippen molar-refractivity contribution in [2.24, 2.45) is 0 Å². The third-order valence-electron chi connectivity index (χ3n) is 1.90. The number of hydrogen-bond donors (Lipinski definition) is 1. The summed E-state index contributed by atoms with van der Waals surface area (Å²) in [6.45, 7) is 2.02. The van der Waals surface area contributed by atoms with Crippen molar-refractivity contribution in [3.8, 4) is 0 Å². The molecule has 3 heteroatoms. The second-order valence-corrected chi connectivity index (χ2v) is 3.04. The molecule has 0 rings (SSSR count). The standard InChI is InChI=1S/C9H18O3/c1-8(12-2)6-4-3-5-7-9(10)11/h8H,3-7H2,1-2H3,(H,10,11). The van der Waals surface area contributed by atoms with Crippen LogP contribution in [0.25, 0.3) is 0 Å². The first-order chi connectivity index (χ1) is 5.66. The van der Waals surface area contributed by atoms with E-state index in [9.17, 15) is 4.79 Å². The normalized spacial score (nSPS) is 12.8. The molecule has 0 aliphatic heterocycles. The molecule has 0 aromatic carbocycles. The zero-order chi connectivity index (χ0) is 9.40. The van der Waals surface area contributed by atoms with E-state index in [1.807, 2.05) is 6.92 Å². The van der Waals surface area contributed by atoms with Crippen molar-refractivity contribution in [3.63, 3.8) is 0 Å². The van der Waals surface area contributed by atoms with Crippen LogP contribution in [0.1, 0.15) is 39.0 Å². The Balaban J connectivity index is 3.05. The molecular weight excluding hydrogens is 156 g/mol. The Hall–Kier alpha value is -0.570. The second-order valence-electron chi connectivity index (χ2n) is 3.04. The van der Waals surface area contributed by atoms with Crippen LogP contribution < -0.4 is 0 Å². The monoisotopic (exact) mass is 174 g/mol. The van der Waals surface area contributed by atoms with Crippen LogP contribution in [0.2, 0.25) is 0 Å². The minimum absolute atomic E-state index is 0.293. The molecule has 0 bridgehead atoms. The largest absolute Gasteiger partial charge is 0.481 e. The first-order valence-electron chi connectivity index (χ1n) is 4.41. The summed E-state index contributed by atoms with van der Waals surface area (Å²) in [5.74, 6) is -0.699. The molecule has 0 aliphatic carbocycles. The van der Waals surface area contributed by atoms with Crippen molar-refractivity contribution in [3.05, 3.63) is 0 Å². The van der Waals surface area contributed by atoms with Crippen molar-refractivity contribution in [1.82, 2.24) is 0 Å². The van der Waals surface area contributed by atoms with E-state index in [0.29, 0.717) is 12.5 Å². The summed E-state index contributed by atoms with van der Waals surface area (Å²) >= 11 is 0. The fourth-order valence-electron chi connectivity index (χ4n) is 1.00. The highest BCUT2D eigenvalue weighted by atomic mass is 16.5. The molecule has 0 saturated carbocycles. The Morgan fingerprint density at radius 3 is 2.58 bits per heavy atom. The van der Waals surface area contributed by atoms with Gasteiger partial charge in [0.15, 0.2) is 0 Å². The number of unbranched alkanes of at least 4 members (excludes halogenated alkanes) is 2. The molecule has 0 fully saturated rings. The van der Waals surface area contributed by atoms with Crippen molar-refractivity contribution < 1.29 is 14.6 Å². The van der Waals surface area contributed by atoms with Crippen molar-refractivity contribution >= 4 is 5.97 Å². The lowest BCUT2D eigenvalue weighted by molar-refractivity contribution is -0.137. The van der Waals surface area contributed by atoms with Crippen LogP contribution in [0, 0.1) is 0 Å². The summed E-state index contributed by atoms with van der Waals surface area (Å²) in [5, 5.41) is 8.34.